The molecular weight excluding hydrogens is 384 g/mol. The normalized spacial score (nSPS) is 11.2. The number of phenols is 1. The molecule has 0 aliphatic rings. The number of ether oxygens (including phenoxy) is 1. The van der Waals surface area contributed by atoms with Crippen molar-refractivity contribution in [3.8, 4) is 5.75 Å². The van der Waals surface area contributed by atoms with Gasteiger partial charge in [0.05, 0.1) is 18.6 Å². The van der Waals surface area contributed by atoms with E-state index in [0.717, 1.165) is 4.47 Å². The molecule has 0 amide bonds. The van der Waals surface area contributed by atoms with Gasteiger partial charge in [-0.15, -0.1) is 0 Å². The Labute approximate surface area is 143 Å². The Morgan fingerprint density at radius 3 is 2.22 bits per heavy atom. The van der Waals surface area contributed by atoms with Gasteiger partial charge in [0.1, 0.15) is 11.3 Å². The number of carbonyl (C=O) groups excluding carboxylic acids is 1. The number of rotatable bonds is 5. The molecule has 23 heavy (non-hydrogen) atoms. The third-order valence-electron chi connectivity index (χ3n) is 3.15. The van der Waals surface area contributed by atoms with Gasteiger partial charge in [-0.1, -0.05) is 34.1 Å². The van der Waals surface area contributed by atoms with Gasteiger partial charge in [0.25, 0.3) is 0 Å². The summed E-state index contributed by atoms with van der Waals surface area (Å²) in [4.78, 5) is 11.4. The molecule has 122 valence electrons. The minimum absolute atomic E-state index is 0.00144. The van der Waals surface area contributed by atoms with E-state index in [4.69, 9.17) is 0 Å². The predicted molar refractivity (Wildman–Crippen MR) is 89.9 cm³/mol. The summed E-state index contributed by atoms with van der Waals surface area (Å²) in [5, 5.41) is 9.81. The number of halogens is 1. The number of methoxy groups -OCH3 is 1. The molecule has 0 aliphatic carbocycles. The van der Waals surface area contributed by atoms with Gasteiger partial charge in [0, 0.05) is 4.47 Å². The van der Waals surface area contributed by atoms with Gasteiger partial charge in [-0.25, -0.2) is 13.2 Å². The van der Waals surface area contributed by atoms with Gasteiger partial charge in [-0.3, -0.25) is 0 Å². The number of esters is 1. The van der Waals surface area contributed by atoms with E-state index in [1.54, 1.807) is 24.3 Å². The summed E-state index contributed by atoms with van der Waals surface area (Å²) in [7, 11) is -2.19. The topological polar surface area (TPSA) is 80.7 Å². The Bertz CT molecular complexity index is 813. The maximum Gasteiger partial charge on any atom is 0.341 e. The molecule has 2 rings (SSSR count). The molecule has 0 unspecified atom stereocenters. The second-order valence-corrected chi connectivity index (χ2v) is 7.98. The zero-order valence-electron chi connectivity index (χ0n) is 12.3. The number of hydrogen-bond acceptors (Lipinski definition) is 5. The third kappa shape index (κ3) is 4.80. The number of carbonyl (C=O) groups is 1. The van der Waals surface area contributed by atoms with Gasteiger partial charge in [0.2, 0.25) is 0 Å². The van der Waals surface area contributed by atoms with Gasteiger partial charge in [0.15, 0.2) is 9.84 Å². The first-order chi connectivity index (χ1) is 10.8. The highest BCUT2D eigenvalue weighted by atomic mass is 79.9. The maximum atomic E-state index is 12.3. The van der Waals surface area contributed by atoms with Crippen molar-refractivity contribution in [3.63, 3.8) is 0 Å². The summed E-state index contributed by atoms with van der Waals surface area (Å²) in [6, 6.07) is 11.1. The van der Waals surface area contributed by atoms with Crippen LogP contribution in [0.15, 0.2) is 46.9 Å². The second-order valence-electron chi connectivity index (χ2n) is 5.00. The number of hydrogen-bond donors (Lipinski definition) is 1. The van der Waals surface area contributed by atoms with Crippen LogP contribution < -0.4 is 0 Å². The van der Waals surface area contributed by atoms with Crippen molar-refractivity contribution in [3.05, 3.63) is 63.6 Å². The zero-order chi connectivity index (χ0) is 17.0. The monoisotopic (exact) mass is 398 g/mol. The smallest absolute Gasteiger partial charge is 0.341 e. The standard InChI is InChI=1S/C16H15BrO5S/c1-22-16(19)14-7-4-12(8-15(14)18)10-23(20,21)9-11-2-5-13(17)6-3-11/h2-8,18H,9-10H2,1H3. The lowest BCUT2D eigenvalue weighted by Crippen LogP contribution is -2.08. The quantitative estimate of drug-likeness (QED) is 0.782. The molecule has 5 nitrogen and oxygen atoms in total. The molecule has 2 aromatic rings. The highest BCUT2D eigenvalue weighted by Gasteiger charge is 2.16. The maximum absolute atomic E-state index is 12.3. The Kier molecular flexibility index (Phi) is 5.43. The van der Waals surface area contributed by atoms with Crippen LogP contribution >= 0.6 is 15.9 Å². The second kappa shape index (κ2) is 7.14. The molecule has 0 aromatic heterocycles. The molecule has 0 heterocycles. The van der Waals surface area contributed by atoms with E-state index >= 15 is 0 Å². The van der Waals surface area contributed by atoms with Crippen LogP contribution in [0.4, 0.5) is 0 Å². The Hall–Kier alpha value is -1.86. The Balaban J connectivity index is 2.15. The summed E-state index contributed by atoms with van der Waals surface area (Å²) in [5.41, 5.74) is 1.09. The summed E-state index contributed by atoms with van der Waals surface area (Å²) < 4.78 is 29.9. The van der Waals surface area contributed by atoms with Crippen LogP contribution in [0.25, 0.3) is 0 Å². The highest BCUT2D eigenvalue weighted by molar-refractivity contribution is 9.10. The molecule has 2 aromatic carbocycles. The zero-order valence-corrected chi connectivity index (χ0v) is 14.7. The van der Waals surface area contributed by atoms with Crippen molar-refractivity contribution in [1.29, 1.82) is 0 Å². The fraction of sp³-hybridized carbons (Fsp3) is 0.188. The number of benzene rings is 2. The van der Waals surface area contributed by atoms with Crippen molar-refractivity contribution < 1.29 is 23.1 Å². The Morgan fingerprint density at radius 1 is 1.09 bits per heavy atom. The van der Waals surface area contributed by atoms with Crippen LogP contribution in [0.2, 0.25) is 0 Å². The van der Waals surface area contributed by atoms with Crippen molar-refractivity contribution in [2.24, 2.45) is 0 Å². The SMILES string of the molecule is COC(=O)c1ccc(CS(=O)(=O)Cc2ccc(Br)cc2)cc1O. The van der Waals surface area contributed by atoms with Crippen LogP contribution in [0.3, 0.4) is 0 Å². The van der Waals surface area contributed by atoms with Gasteiger partial charge in [-0.2, -0.15) is 0 Å². The van der Waals surface area contributed by atoms with E-state index in [9.17, 15) is 18.3 Å². The van der Waals surface area contributed by atoms with E-state index in [1.807, 2.05) is 0 Å². The molecule has 0 bridgehead atoms. The molecule has 0 saturated carbocycles. The minimum atomic E-state index is -3.40. The largest absolute Gasteiger partial charge is 0.507 e. The van der Waals surface area contributed by atoms with Crippen LogP contribution in [0, 0.1) is 0 Å². The van der Waals surface area contributed by atoms with E-state index in [1.165, 1.54) is 25.3 Å². The predicted octanol–water partition coefficient (Wildman–Crippen LogP) is 3.06. The van der Waals surface area contributed by atoms with Crippen LogP contribution in [0.1, 0.15) is 21.5 Å². The molecule has 0 saturated heterocycles. The molecule has 0 fully saturated rings. The molecular formula is C16H15BrO5S. The first kappa shape index (κ1) is 17.5. The summed E-state index contributed by atoms with van der Waals surface area (Å²) >= 11 is 3.30. The van der Waals surface area contributed by atoms with Crippen molar-refractivity contribution >= 4 is 31.7 Å². The lowest BCUT2D eigenvalue weighted by molar-refractivity contribution is 0.0597. The number of sulfone groups is 1. The van der Waals surface area contributed by atoms with Gasteiger partial charge < -0.3 is 9.84 Å². The van der Waals surface area contributed by atoms with Crippen molar-refractivity contribution in [2.45, 2.75) is 11.5 Å². The molecule has 1 N–H and O–H groups in total. The van der Waals surface area contributed by atoms with Crippen molar-refractivity contribution in [2.75, 3.05) is 7.11 Å². The molecule has 0 aliphatic heterocycles. The lowest BCUT2D eigenvalue weighted by Gasteiger charge is -2.08. The Morgan fingerprint density at radius 2 is 1.65 bits per heavy atom. The van der Waals surface area contributed by atoms with Gasteiger partial charge in [-0.05, 0) is 35.4 Å². The molecule has 0 spiro atoms. The average Bonchev–Trinajstić information content (AvgIpc) is 2.48. The minimum Gasteiger partial charge on any atom is -0.507 e. The number of phenolic OH excluding ortho intramolecular Hbond substituents is 1. The lowest BCUT2D eigenvalue weighted by atomic mass is 10.1. The highest BCUT2D eigenvalue weighted by Crippen LogP contribution is 2.22. The van der Waals surface area contributed by atoms with E-state index < -0.39 is 15.8 Å². The molecule has 0 radical (unpaired) electrons. The molecule has 0 atom stereocenters. The number of aromatic hydroxyl groups is 1. The first-order valence-corrected chi connectivity index (χ1v) is 9.27. The van der Waals surface area contributed by atoms with Crippen LogP contribution in [-0.2, 0) is 26.1 Å². The summed E-state index contributed by atoms with van der Waals surface area (Å²) in [5.74, 6) is -1.29. The molecule has 7 heteroatoms. The van der Waals surface area contributed by atoms with E-state index in [-0.39, 0.29) is 22.8 Å². The van der Waals surface area contributed by atoms with Crippen LogP contribution in [0.5, 0.6) is 5.75 Å². The van der Waals surface area contributed by atoms with E-state index in [2.05, 4.69) is 20.7 Å². The van der Waals surface area contributed by atoms with E-state index in [0.29, 0.717) is 11.1 Å². The third-order valence-corrected chi connectivity index (χ3v) is 5.23. The van der Waals surface area contributed by atoms with Gasteiger partial charge >= 0.3 is 5.97 Å². The van der Waals surface area contributed by atoms with Crippen molar-refractivity contribution in [1.82, 2.24) is 0 Å². The average molecular weight is 399 g/mol. The summed E-state index contributed by atoms with van der Waals surface area (Å²) in [6.45, 7) is 0. The fourth-order valence-corrected chi connectivity index (χ4v) is 3.84. The summed E-state index contributed by atoms with van der Waals surface area (Å²) in [6.07, 6.45) is 0. The first-order valence-electron chi connectivity index (χ1n) is 6.66. The van der Waals surface area contributed by atoms with Crippen LogP contribution in [-0.4, -0.2) is 26.6 Å². The fourth-order valence-electron chi connectivity index (χ4n) is 2.09.